The van der Waals surface area contributed by atoms with Gasteiger partial charge < -0.3 is 5.73 Å². The highest BCUT2D eigenvalue weighted by Gasteiger charge is 2.37. The van der Waals surface area contributed by atoms with Gasteiger partial charge >= 0.3 is 0 Å². The first-order valence-electron chi connectivity index (χ1n) is 6.75. The van der Waals surface area contributed by atoms with E-state index in [1.807, 2.05) is 0 Å². The summed E-state index contributed by atoms with van der Waals surface area (Å²) >= 11 is 0. The fourth-order valence-corrected chi connectivity index (χ4v) is 3.42. The van der Waals surface area contributed by atoms with E-state index in [4.69, 9.17) is 5.73 Å². The predicted octanol–water partition coefficient (Wildman–Crippen LogP) is 2.72. The van der Waals surface area contributed by atoms with E-state index in [9.17, 15) is 0 Å². The second kappa shape index (κ2) is 4.11. The van der Waals surface area contributed by atoms with Gasteiger partial charge in [-0.3, -0.25) is 4.90 Å². The van der Waals surface area contributed by atoms with Gasteiger partial charge in [-0.05, 0) is 29.4 Å². The van der Waals surface area contributed by atoms with E-state index >= 15 is 0 Å². The molecule has 92 valence electrons. The fourth-order valence-electron chi connectivity index (χ4n) is 3.42. The maximum absolute atomic E-state index is 6.25. The molecule has 0 radical (unpaired) electrons. The number of nitrogens with two attached hydrogens (primary N) is 1. The maximum atomic E-state index is 6.25. The molecule has 17 heavy (non-hydrogen) atoms. The molecule has 1 aromatic rings. The summed E-state index contributed by atoms with van der Waals surface area (Å²) in [5.74, 6) is 1.64. The lowest BCUT2D eigenvalue weighted by atomic mass is 10.0. The van der Waals surface area contributed by atoms with Crippen LogP contribution in [0.2, 0.25) is 0 Å². The lowest BCUT2D eigenvalue weighted by Gasteiger charge is -2.24. The van der Waals surface area contributed by atoms with E-state index in [-0.39, 0.29) is 6.04 Å². The fraction of sp³-hybridized carbons (Fsp3) is 0.600. The predicted molar refractivity (Wildman–Crippen MR) is 70.6 cm³/mol. The zero-order chi connectivity index (χ0) is 12.0. The van der Waals surface area contributed by atoms with E-state index in [1.165, 1.54) is 24.2 Å². The average molecular weight is 230 g/mol. The van der Waals surface area contributed by atoms with Crippen LogP contribution in [0, 0.1) is 11.8 Å². The maximum Gasteiger partial charge on any atom is 0.0369 e. The zero-order valence-corrected chi connectivity index (χ0v) is 10.8. The summed E-state index contributed by atoms with van der Waals surface area (Å²) in [7, 11) is 0. The van der Waals surface area contributed by atoms with Crippen molar-refractivity contribution in [3.8, 4) is 0 Å². The molecule has 1 aromatic carbocycles. The smallest absolute Gasteiger partial charge is 0.0369 e. The van der Waals surface area contributed by atoms with E-state index in [0.29, 0.717) is 6.04 Å². The van der Waals surface area contributed by atoms with Gasteiger partial charge in [-0.15, -0.1) is 0 Å². The standard InChI is InChI=1S/C15H22N2/c1-10-8-17(9-11(10)2)15-7-14(16)12-5-3-4-6-13(12)15/h3-6,10-11,14-15H,7-9,16H2,1-2H3. The molecule has 2 N–H and O–H groups in total. The molecular weight excluding hydrogens is 208 g/mol. The van der Waals surface area contributed by atoms with Crippen molar-refractivity contribution in [2.45, 2.75) is 32.4 Å². The number of hydrogen-bond donors (Lipinski definition) is 1. The quantitative estimate of drug-likeness (QED) is 0.803. The largest absolute Gasteiger partial charge is 0.324 e. The minimum atomic E-state index is 0.238. The molecule has 0 saturated carbocycles. The normalized spacial score (nSPS) is 37.4. The van der Waals surface area contributed by atoms with Gasteiger partial charge in [-0.25, -0.2) is 0 Å². The van der Waals surface area contributed by atoms with E-state index < -0.39 is 0 Å². The van der Waals surface area contributed by atoms with Gasteiger partial charge in [-0.2, -0.15) is 0 Å². The van der Waals surface area contributed by atoms with Crippen LogP contribution in [0.15, 0.2) is 24.3 Å². The molecule has 1 heterocycles. The Labute approximate surface area is 104 Å². The van der Waals surface area contributed by atoms with Crippen LogP contribution in [0.1, 0.15) is 43.5 Å². The summed E-state index contributed by atoms with van der Waals surface area (Å²) in [6.07, 6.45) is 1.10. The molecule has 0 spiro atoms. The molecule has 4 unspecified atom stereocenters. The molecule has 1 fully saturated rings. The van der Waals surface area contributed by atoms with Crippen LogP contribution in [-0.4, -0.2) is 18.0 Å². The second-order valence-corrected chi connectivity index (χ2v) is 5.90. The number of likely N-dealkylation sites (tertiary alicyclic amines) is 1. The highest BCUT2D eigenvalue weighted by Crippen LogP contribution is 2.43. The molecule has 0 aromatic heterocycles. The first-order chi connectivity index (χ1) is 8.16. The summed E-state index contributed by atoms with van der Waals surface area (Å²) < 4.78 is 0. The second-order valence-electron chi connectivity index (χ2n) is 5.90. The summed E-state index contributed by atoms with van der Waals surface area (Å²) in [5.41, 5.74) is 9.09. The Hall–Kier alpha value is -0.860. The van der Waals surface area contributed by atoms with Crippen molar-refractivity contribution in [2.24, 2.45) is 17.6 Å². The van der Waals surface area contributed by atoms with Crippen molar-refractivity contribution in [1.29, 1.82) is 0 Å². The molecule has 1 aliphatic heterocycles. The van der Waals surface area contributed by atoms with Crippen molar-refractivity contribution in [3.63, 3.8) is 0 Å². The van der Waals surface area contributed by atoms with Crippen LogP contribution in [0.3, 0.4) is 0 Å². The van der Waals surface area contributed by atoms with Gasteiger partial charge in [0.1, 0.15) is 0 Å². The lowest BCUT2D eigenvalue weighted by Crippen LogP contribution is -2.25. The van der Waals surface area contributed by atoms with Crippen LogP contribution in [0.25, 0.3) is 0 Å². The number of benzene rings is 1. The Morgan fingerprint density at radius 3 is 2.29 bits per heavy atom. The molecule has 1 aliphatic carbocycles. The van der Waals surface area contributed by atoms with Crippen LogP contribution in [-0.2, 0) is 0 Å². The average Bonchev–Trinajstić information content (AvgIpc) is 2.82. The molecule has 3 rings (SSSR count). The van der Waals surface area contributed by atoms with Gasteiger partial charge in [0.05, 0.1) is 0 Å². The number of fused-ring (bicyclic) bond motifs is 1. The number of hydrogen-bond acceptors (Lipinski definition) is 2. The third-order valence-corrected chi connectivity index (χ3v) is 4.69. The molecule has 1 saturated heterocycles. The first-order valence-corrected chi connectivity index (χ1v) is 6.75. The van der Waals surface area contributed by atoms with E-state index in [1.54, 1.807) is 0 Å². The molecule has 2 heteroatoms. The van der Waals surface area contributed by atoms with Crippen molar-refractivity contribution in [1.82, 2.24) is 4.90 Å². The van der Waals surface area contributed by atoms with Crippen LogP contribution >= 0.6 is 0 Å². The topological polar surface area (TPSA) is 29.3 Å². The zero-order valence-electron chi connectivity index (χ0n) is 10.8. The van der Waals surface area contributed by atoms with Gasteiger partial charge in [0, 0.05) is 25.2 Å². The van der Waals surface area contributed by atoms with Crippen molar-refractivity contribution in [2.75, 3.05) is 13.1 Å². The van der Waals surface area contributed by atoms with Crippen LogP contribution in [0.4, 0.5) is 0 Å². The molecule has 2 aliphatic rings. The van der Waals surface area contributed by atoms with Gasteiger partial charge in [-0.1, -0.05) is 38.1 Å². The van der Waals surface area contributed by atoms with Gasteiger partial charge in [0.2, 0.25) is 0 Å². The number of rotatable bonds is 1. The van der Waals surface area contributed by atoms with Gasteiger partial charge in [0.25, 0.3) is 0 Å². The van der Waals surface area contributed by atoms with E-state index in [2.05, 4.69) is 43.0 Å². The minimum Gasteiger partial charge on any atom is -0.324 e. The minimum absolute atomic E-state index is 0.238. The summed E-state index contributed by atoms with van der Waals surface area (Å²) in [5, 5.41) is 0. The van der Waals surface area contributed by atoms with Crippen LogP contribution in [0.5, 0.6) is 0 Å². The number of nitrogens with zero attached hydrogens (tertiary/aromatic N) is 1. The Morgan fingerprint density at radius 2 is 1.65 bits per heavy atom. The third-order valence-electron chi connectivity index (χ3n) is 4.69. The lowest BCUT2D eigenvalue weighted by molar-refractivity contribution is 0.228. The van der Waals surface area contributed by atoms with Crippen LogP contribution < -0.4 is 5.73 Å². The monoisotopic (exact) mass is 230 g/mol. The SMILES string of the molecule is CC1CN(C2CC(N)c3ccccc32)CC1C. The Balaban J connectivity index is 1.87. The highest BCUT2D eigenvalue weighted by atomic mass is 15.2. The molecule has 0 bridgehead atoms. The Morgan fingerprint density at radius 1 is 1.06 bits per heavy atom. The molecular formula is C15H22N2. The van der Waals surface area contributed by atoms with Crippen molar-refractivity contribution < 1.29 is 0 Å². The molecule has 0 amide bonds. The highest BCUT2D eigenvalue weighted by molar-refractivity contribution is 5.37. The van der Waals surface area contributed by atoms with E-state index in [0.717, 1.165) is 18.3 Å². The van der Waals surface area contributed by atoms with Crippen molar-refractivity contribution >= 4 is 0 Å². The van der Waals surface area contributed by atoms with Gasteiger partial charge in [0.15, 0.2) is 0 Å². The summed E-state index contributed by atoms with van der Waals surface area (Å²) in [6, 6.07) is 9.52. The Kier molecular flexibility index (Phi) is 2.72. The molecule has 2 nitrogen and oxygen atoms in total. The summed E-state index contributed by atoms with van der Waals surface area (Å²) in [4.78, 5) is 2.64. The van der Waals surface area contributed by atoms with Crippen molar-refractivity contribution in [3.05, 3.63) is 35.4 Å². The summed E-state index contributed by atoms with van der Waals surface area (Å²) in [6.45, 7) is 7.19. The third kappa shape index (κ3) is 1.80. The Bertz CT molecular complexity index is 405. The molecule has 4 atom stereocenters. The first kappa shape index (κ1) is 11.2.